The van der Waals surface area contributed by atoms with Crippen LogP contribution in [0.2, 0.25) is 0 Å². The van der Waals surface area contributed by atoms with Crippen molar-refractivity contribution >= 4 is 17.6 Å². The van der Waals surface area contributed by atoms with Gasteiger partial charge in [0.2, 0.25) is 5.91 Å². The quantitative estimate of drug-likeness (QED) is 0.666. The van der Waals surface area contributed by atoms with E-state index in [0.29, 0.717) is 26.2 Å². The van der Waals surface area contributed by atoms with Crippen molar-refractivity contribution in [3.05, 3.63) is 47.5 Å². The minimum atomic E-state index is -0.469. The molecule has 0 N–H and O–H groups in total. The van der Waals surface area contributed by atoms with Gasteiger partial charge in [0.15, 0.2) is 5.69 Å². The lowest BCUT2D eigenvalue weighted by Crippen LogP contribution is -2.49. The third-order valence-corrected chi connectivity index (χ3v) is 4.96. The molecule has 0 bridgehead atoms. The summed E-state index contributed by atoms with van der Waals surface area (Å²) in [7, 11) is 0. The number of aryl methyl sites for hydroxylation is 1. The summed E-state index contributed by atoms with van der Waals surface area (Å²) in [5, 5.41) is 4.30. The molecule has 29 heavy (non-hydrogen) atoms. The fourth-order valence-electron chi connectivity index (χ4n) is 3.45. The van der Waals surface area contributed by atoms with E-state index in [1.807, 2.05) is 11.8 Å². The van der Waals surface area contributed by atoms with Crippen LogP contribution in [0.1, 0.15) is 36.5 Å². The zero-order chi connectivity index (χ0) is 20.8. The second kappa shape index (κ2) is 9.54. The lowest BCUT2D eigenvalue weighted by Gasteiger charge is -2.36. The maximum Gasteiger partial charge on any atom is 0.358 e. The van der Waals surface area contributed by atoms with Crippen molar-refractivity contribution in [2.45, 2.75) is 33.2 Å². The van der Waals surface area contributed by atoms with Crippen molar-refractivity contribution in [2.24, 2.45) is 0 Å². The number of anilines is 1. The standard InChI is InChI=1S/C21H27FN4O3/c1-3-5-18-14-19(21(28)29-4-2)23-26(18)15-20(27)25-12-10-24(11-13-25)17-8-6-16(22)7-9-17/h6-9,14H,3-5,10-13,15H2,1-2H3. The van der Waals surface area contributed by atoms with Gasteiger partial charge in [-0.15, -0.1) is 0 Å². The minimum absolute atomic E-state index is 0.0281. The summed E-state index contributed by atoms with van der Waals surface area (Å²) in [5.74, 6) is -0.754. The summed E-state index contributed by atoms with van der Waals surface area (Å²) < 4.78 is 19.7. The van der Waals surface area contributed by atoms with E-state index in [1.54, 1.807) is 29.8 Å². The van der Waals surface area contributed by atoms with Crippen LogP contribution in [0, 0.1) is 5.82 Å². The highest BCUT2D eigenvalue weighted by atomic mass is 19.1. The topological polar surface area (TPSA) is 67.7 Å². The first-order valence-corrected chi connectivity index (χ1v) is 10.0. The van der Waals surface area contributed by atoms with E-state index in [9.17, 15) is 14.0 Å². The highest BCUT2D eigenvalue weighted by Crippen LogP contribution is 2.17. The smallest absolute Gasteiger partial charge is 0.358 e. The van der Waals surface area contributed by atoms with Gasteiger partial charge >= 0.3 is 5.97 Å². The number of carbonyl (C=O) groups excluding carboxylic acids is 2. The van der Waals surface area contributed by atoms with Gasteiger partial charge in [0.1, 0.15) is 12.4 Å². The molecule has 1 fully saturated rings. The van der Waals surface area contributed by atoms with Crippen LogP contribution in [-0.4, -0.2) is 59.3 Å². The molecule has 8 heteroatoms. The number of halogens is 1. The van der Waals surface area contributed by atoms with Crippen LogP contribution in [0.5, 0.6) is 0 Å². The van der Waals surface area contributed by atoms with Crippen molar-refractivity contribution in [1.29, 1.82) is 0 Å². The van der Waals surface area contributed by atoms with Crippen LogP contribution < -0.4 is 4.90 Å². The lowest BCUT2D eigenvalue weighted by atomic mass is 10.2. The van der Waals surface area contributed by atoms with Gasteiger partial charge in [-0.05, 0) is 43.7 Å². The maximum atomic E-state index is 13.1. The second-order valence-corrected chi connectivity index (χ2v) is 6.99. The number of aromatic nitrogens is 2. The summed E-state index contributed by atoms with van der Waals surface area (Å²) in [6.45, 7) is 6.72. The van der Waals surface area contributed by atoms with E-state index >= 15 is 0 Å². The zero-order valence-corrected chi connectivity index (χ0v) is 16.9. The Balaban J connectivity index is 1.61. The number of benzene rings is 1. The van der Waals surface area contributed by atoms with Crippen LogP contribution in [0.3, 0.4) is 0 Å². The number of piperazine rings is 1. The summed E-state index contributed by atoms with van der Waals surface area (Å²) in [6, 6.07) is 8.11. The monoisotopic (exact) mass is 402 g/mol. The van der Waals surface area contributed by atoms with E-state index in [2.05, 4.69) is 10.00 Å². The Bertz CT molecular complexity index is 842. The third-order valence-electron chi connectivity index (χ3n) is 4.96. The van der Waals surface area contributed by atoms with E-state index in [1.165, 1.54) is 12.1 Å². The first kappa shape index (κ1) is 20.8. The first-order valence-electron chi connectivity index (χ1n) is 10.0. The normalized spacial score (nSPS) is 14.2. The van der Waals surface area contributed by atoms with Gasteiger partial charge in [-0.1, -0.05) is 13.3 Å². The predicted octanol–water partition coefficient (Wildman–Crippen LogP) is 2.50. The number of esters is 1. The Morgan fingerprint density at radius 3 is 2.41 bits per heavy atom. The van der Waals surface area contributed by atoms with Crippen molar-refractivity contribution in [3.8, 4) is 0 Å². The number of carbonyl (C=O) groups is 2. The molecule has 0 aliphatic carbocycles. The highest BCUT2D eigenvalue weighted by Gasteiger charge is 2.23. The molecule has 2 heterocycles. The van der Waals surface area contributed by atoms with Crippen molar-refractivity contribution in [2.75, 3.05) is 37.7 Å². The van der Waals surface area contributed by atoms with Crippen LogP contribution in [-0.2, 0) is 22.5 Å². The summed E-state index contributed by atoms with van der Waals surface area (Å²) in [5.41, 5.74) is 2.05. The lowest BCUT2D eigenvalue weighted by molar-refractivity contribution is -0.132. The molecule has 1 saturated heterocycles. The van der Waals surface area contributed by atoms with E-state index in [-0.39, 0.29) is 30.6 Å². The Labute approximate surface area is 170 Å². The van der Waals surface area contributed by atoms with Gasteiger partial charge in [-0.2, -0.15) is 5.10 Å². The molecule has 3 rings (SSSR count). The summed E-state index contributed by atoms with van der Waals surface area (Å²) in [6.07, 6.45) is 1.62. The fourth-order valence-corrected chi connectivity index (χ4v) is 3.45. The Kier molecular flexibility index (Phi) is 6.85. The van der Waals surface area contributed by atoms with Crippen molar-refractivity contribution in [3.63, 3.8) is 0 Å². The van der Waals surface area contributed by atoms with Gasteiger partial charge < -0.3 is 14.5 Å². The molecule has 2 aromatic rings. The Morgan fingerprint density at radius 1 is 1.10 bits per heavy atom. The molecule has 0 spiro atoms. The number of hydrogen-bond donors (Lipinski definition) is 0. The second-order valence-electron chi connectivity index (χ2n) is 6.99. The number of hydrogen-bond acceptors (Lipinski definition) is 5. The number of amides is 1. The van der Waals surface area contributed by atoms with Crippen LogP contribution in [0.25, 0.3) is 0 Å². The molecule has 1 aliphatic rings. The van der Waals surface area contributed by atoms with Crippen molar-refractivity contribution in [1.82, 2.24) is 14.7 Å². The Hall–Kier alpha value is -2.90. The molecule has 0 radical (unpaired) electrons. The van der Waals surface area contributed by atoms with Gasteiger partial charge in [0.05, 0.1) is 6.61 Å². The minimum Gasteiger partial charge on any atom is -0.461 e. The predicted molar refractivity (Wildman–Crippen MR) is 107 cm³/mol. The number of rotatable bonds is 7. The first-order chi connectivity index (χ1) is 14.0. The Morgan fingerprint density at radius 2 is 1.79 bits per heavy atom. The van der Waals surface area contributed by atoms with Gasteiger partial charge in [0.25, 0.3) is 0 Å². The molecule has 0 saturated carbocycles. The molecule has 7 nitrogen and oxygen atoms in total. The summed E-state index contributed by atoms with van der Waals surface area (Å²) in [4.78, 5) is 28.7. The van der Waals surface area contributed by atoms with Crippen LogP contribution >= 0.6 is 0 Å². The van der Waals surface area contributed by atoms with Gasteiger partial charge in [0, 0.05) is 37.6 Å². The van der Waals surface area contributed by atoms with Crippen LogP contribution in [0.15, 0.2) is 30.3 Å². The molecular formula is C21H27FN4O3. The molecule has 1 aromatic heterocycles. The van der Waals surface area contributed by atoms with Gasteiger partial charge in [-0.25, -0.2) is 9.18 Å². The fraction of sp³-hybridized carbons (Fsp3) is 0.476. The van der Waals surface area contributed by atoms with Gasteiger partial charge in [-0.3, -0.25) is 9.48 Å². The number of ether oxygens (including phenoxy) is 1. The molecule has 156 valence electrons. The summed E-state index contributed by atoms with van der Waals surface area (Å²) >= 11 is 0. The molecule has 1 aliphatic heterocycles. The molecule has 1 amide bonds. The average molecular weight is 402 g/mol. The van der Waals surface area contributed by atoms with E-state index in [0.717, 1.165) is 24.2 Å². The van der Waals surface area contributed by atoms with Crippen LogP contribution in [0.4, 0.5) is 10.1 Å². The zero-order valence-electron chi connectivity index (χ0n) is 16.9. The molecule has 1 aromatic carbocycles. The maximum absolute atomic E-state index is 13.1. The highest BCUT2D eigenvalue weighted by molar-refractivity contribution is 5.87. The SMILES string of the molecule is CCCc1cc(C(=O)OCC)nn1CC(=O)N1CCN(c2ccc(F)cc2)CC1. The van der Waals surface area contributed by atoms with E-state index < -0.39 is 5.97 Å². The third kappa shape index (κ3) is 5.13. The number of nitrogens with zero attached hydrogens (tertiary/aromatic N) is 4. The van der Waals surface area contributed by atoms with Crippen molar-refractivity contribution < 1.29 is 18.7 Å². The molecule has 0 unspecified atom stereocenters. The largest absolute Gasteiger partial charge is 0.461 e. The molecule has 0 atom stereocenters. The average Bonchev–Trinajstić information content (AvgIpc) is 3.12. The van der Waals surface area contributed by atoms with E-state index in [4.69, 9.17) is 4.74 Å². The molecular weight excluding hydrogens is 375 g/mol.